The molecule has 5 rings (SSSR count). The van der Waals surface area contributed by atoms with E-state index in [1.54, 1.807) is 6.20 Å². The molecular formula is C25H18Cl2N4OS. The Bertz CT molecular complexity index is 1470. The lowest BCUT2D eigenvalue weighted by Crippen LogP contribution is -2.05. The molecule has 1 N–H and O–H groups in total. The number of carbonyl (C=O) groups excluding carboxylic acids is 1. The Morgan fingerprint density at radius 3 is 2.61 bits per heavy atom. The highest BCUT2D eigenvalue weighted by atomic mass is 35.5. The molecule has 0 aliphatic rings. The lowest BCUT2D eigenvalue weighted by Gasteiger charge is -2.11. The Balaban J connectivity index is 1.51. The van der Waals surface area contributed by atoms with Crippen molar-refractivity contribution in [3.8, 4) is 17.1 Å². The van der Waals surface area contributed by atoms with E-state index < -0.39 is 0 Å². The Hall–Kier alpha value is -3.06. The second-order valence-electron chi connectivity index (χ2n) is 7.54. The standard InChI is InChI=1S/C25H18Cl2N4OS/c1-15-6-11-18(12-21(15)27)31-24(16-7-9-17(26)10-8-16)29-30-25(31)33-14-23(32)20-13-28-22-5-3-2-4-19(20)22/h2-13,28H,14H2,1H3. The fourth-order valence-electron chi connectivity index (χ4n) is 3.61. The average molecular weight is 493 g/mol. The van der Waals surface area contributed by atoms with Crippen LogP contribution in [0.15, 0.2) is 78.1 Å². The summed E-state index contributed by atoms with van der Waals surface area (Å²) in [6.45, 7) is 1.95. The molecule has 0 spiro atoms. The smallest absolute Gasteiger partial charge is 0.196 e. The molecular weight excluding hydrogens is 475 g/mol. The number of halogens is 2. The van der Waals surface area contributed by atoms with Crippen LogP contribution in [0.2, 0.25) is 10.0 Å². The number of thioether (sulfide) groups is 1. The quantitative estimate of drug-likeness (QED) is 0.204. The fourth-order valence-corrected chi connectivity index (χ4v) is 4.75. The molecule has 8 heteroatoms. The van der Waals surface area contributed by atoms with Gasteiger partial charge in [-0.2, -0.15) is 0 Å². The molecule has 5 aromatic rings. The van der Waals surface area contributed by atoms with Crippen LogP contribution in [0, 0.1) is 6.92 Å². The van der Waals surface area contributed by atoms with Gasteiger partial charge in [-0.15, -0.1) is 10.2 Å². The van der Waals surface area contributed by atoms with Crippen LogP contribution < -0.4 is 0 Å². The van der Waals surface area contributed by atoms with Gasteiger partial charge >= 0.3 is 0 Å². The predicted octanol–water partition coefficient (Wildman–Crippen LogP) is 7.01. The highest BCUT2D eigenvalue weighted by molar-refractivity contribution is 7.99. The number of H-pyrrole nitrogens is 1. The second kappa shape index (κ2) is 9.06. The van der Waals surface area contributed by atoms with E-state index in [-0.39, 0.29) is 11.5 Å². The first-order valence-corrected chi connectivity index (χ1v) is 12.0. The SMILES string of the molecule is Cc1ccc(-n2c(SCC(=O)c3c[nH]c4ccccc34)nnc2-c2ccc(Cl)cc2)cc1Cl. The number of Topliss-reactive ketones (excluding diaryl/α,β-unsaturated/α-hetero) is 1. The Labute approximate surface area is 204 Å². The summed E-state index contributed by atoms with van der Waals surface area (Å²) in [7, 11) is 0. The zero-order valence-electron chi connectivity index (χ0n) is 17.5. The minimum Gasteiger partial charge on any atom is -0.360 e. The van der Waals surface area contributed by atoms with Crippen molar-refractivity contribution in [3.05, 3.63) is 94.1 Å². The molecule has 0 unspecified atom stereocenters. The number of para-hydroxylation sites is 1. The zero-order chi connectivity index (χ0) is 22.9. The van der Waals surface area contributed by atoms with E-state index in [4.69, 9.17) is 23.2 Å². The van der Waals surface area contributed by atoms with Crippen molar-refractivity contribution >= 4 is 51.6 Å². The minimum absolute atomic E-state index is 0.0157. The summed E-state index contributed by atoms with van der Waals surface area (Å²) in [5.41, 5.74) is 4.26. The van der Waals surface area contributed by atoms with Crippen molar-refractivity contribution in [3.63, 3.8) is 0 Å². The number of carbonyl (C=O) groups is 1. The number of fused-ring (bicyclic) bond motifs is 1. The van der Waals surface area contributed by atoms with E-state index in [1.165, 1.54) is 11.8 Å². The molecule has 0 aliphatic heterocycles. The van der Waals surface area contributed by atoms with Crippen molar-refractivity contribution in [1.29, 1.82) is 0 Å². The van der Waals surface area contributed by atoms with Crippen LogP contribution >= 0.6 is 35.0 Å². The normalized spacial score (nSPS) is 11.2. The number of rotatable bonds is 6. The van der Waals surface area contributed by atoms with E-state index in [0.29, 0.717) is 26.6 Å². The molecule has 0 aliphatic carbocycles. The number of hydrogen-bond donors (Lipinski definition) is 1. The maximum Gasteiger partial charge on any atom is 0.196 e. The first kappa shape index (κ1) is 21.8. The zero-order valence-corrected chi connectivity index (χ0v) is 19.9. The van der Waals surface area contributed by atoms with Crippen LogP contribution in [0.5, 0.6) is 0 Å². The number of aromatic nitrogens is 4. The maximum atomic E-state index is 13.0. The van der Waals surface area contributed by atoms with Crippen LogP contribution in [0.3, 0.4) is 0 Å². The van der Waals surface area contributed by atoms with Crippen molar-refractivity contribution in [1.82, 2.24) is 19.7 Å². The summed E-state index contributed by atoms with van der Waals surface area (Å²) < 4.78 is 1.92. The van der Waals surface area contributed by atoms with Gasteiger partial charge in [-0.05, 0) is 55.0 Å². The van der Waals surface area contributed by atoms with E-state index in [9.17, 15) is 4.79 Å². The number of hydrogen-bond acceptors (Lipinski definition) is 4. The lowest BCUT2D eigenvalue weighted by atomic mass is 10.1. The van der Waals surface area contributed by atoms with Gasteiger partial charge in [-0.1, -0.05) is 59.2 Å². The molecule has 33 heavy (non-hydrogen) atoms. The van der Waals surface area contributed by atoms with Crippen molar-refractivity contribution in [2.75, 3.05) is 5.75 Å². The Kier molecular flexibility index (Phi) is 5.98. The van der Waals surface area contributed by atoms with Crippen LogP contribution in [-0.2, 0) is 0 Å². The van der Waals surface area contributed by atoms with E-state index in [1.807, 2.05) is 78.2 Å². The summed E-state index contributed by atoms with van der Waals surface area (Å²) in [4.78, 5) is 16.2. The van der Waals surface area contributed by atoms with Gasteiger partial charge in [-0.25, -0.2) is 0 Å². The van der Waals surface area contributed by atoms with Gasteiger partial charge in [-0.3, -0.25) is 9.36 Å². The fraction of sp³-hybridized carbons (Fsp3) is 0.0800. The summed E-state index contributed by atoms with van der Waals surface area (Å²) >= 11 is 13.8. The largest absolute Gasteiger partial charge is 0.360 e. The third-order valence-corrected chi connectivity index (χ3v) is 6.96. The van der Waals surface area contributed by atoms with Crippen molar-refractivity contribution < 1.29 is 4.79 Å². The van der Waals surface area contributed by atoms with Gasteiger partial charge in [0.25, 0.3) is 0 Å². The van der Waals surface area contributed by atoms with E-state index in [2.05, 4.69) is 15.2 Å². The van der Waals surface area contributed by atoms with E-state index in [0.717, 1.165) is 27.7 Å². The van der Waals surface area contributed by atoms with E-state index >= 15 is 0 Å². The van der Waals surface area contributed by atoms with Crippen LogP contribution in [-0.4, -0.2) is 31.3 Å². The van der Waals surface area contributed by atoms with Gasteiger partial charge in [0.05, 0.1) is 11.4 Å². The molecule has 2 aromatic heterocycles. The molecule has 2 heterocycles. The van der Waals surface area contributed by atoms with Gasteiger partial charge in [0.1, 0.15) is 0 Å². The average Bonchev–Trinajstić information content (AvgIpc) is 3.44. The molecule has 0 saturated carbocycles. The van der Waals surface area contributed by atoms with Crippen LogP contribution in [0.1, 0.15) is 15.9 Å². The number of aryl methyl sites for hydroxylation is 1. The third-order valence-electron chi connectivity index (χ3n) is 5.37. The van der Waals surface area contributed by atoms with Crippen molar-refractivity contribution in [2.45, 2.75) is 12.1 Å². The maximum absolute atomic E-state index is 13.0. The highest BCUT2D eigenvalue weighted by Gasteiger charge is 2.19. The minimum atomic E-state index is 0.0157. The second-order valence-corrected chi connectivity index (χ2v) is 9.33. The molecule has 0 bridgehead atoms. The third kappa shape index (κ3) is 4.29. The van der Waals surface area contributed by atoms with Gasteiger partial charge in [0, 0.05) is 38.3 Å². The number of ketones is 1. The van der Waals surface area contributed by atoms with Gasteiger partial charge in [0.15, 0.2) is 16.8 Å². The first-order chi connectivity index (χ1) is 16.0. The summed E-state index contributed by atoms with van der Waals surface area (Å²) in [6, 6.07) is 21.0. The Morgan fingerprint density at radius 2 is 1.82 bits per heavy atom. The summed E-state index contributed by atoms with van der Waals surface area (Å²) in [5, 5.41) is 11.6. The monoisotopic (exact) mass is 492 g/mol. The van der Waals surface area contributed by atoms with Crippen molar-refractivity contribution in [2.24, 2.45) is 0 Å². The first-order valence-electron chi connectivity index (χ1n) is 10.2. The van der Waals surface area contributed by atoms with Crippen LogP contribution in [0.25, 0.3) is 28.0 Å². The topological polar surface area (TPSA) is 63.6 Å². The number of nitrogens with zero attached hydrogens (tertiary/aromatic N) is 3. The number of aromatic amines is 1. The number of benzene rings is 3. The molecule has 0 saturated heterocycles. The lowest BCUT2D eigenvalue weighted by molar-refractivity contribution is 0.102. The van der Waals surface area contributed by atoms with Gasteiger partial charge < -0.3 is 4.98 Å². The molecule has 5 nitrogen and oxygen atoms in total. The number of nitrogens with one attached hydrogen (secondary N) is 1. The van der Waals surface area contributed by atoms with Crippen LogP contribution in [0.4, 0.5) is 0 Å². The molecule has 0 fully saturated rings. The Morgan fingerprint density at radius 1 is 1.03 bits per heavy atom. The molecule has 0 amide bonds. The summed E-state index contributed by atoms with van der Waals surface area (Å²) in [6.07, 6.45) is 1.76. The summed E-state index contributed by atoms with van der Waals surface area (Å²) in [5.74, 6) is 0.885. The van der Waals surface area contributed by atoms with Gasteiger partial charge in [0.2, 0.25) is 0 Å². The predicted molar refractivity (Wildman–Crippen MR) is 135 cm³/mol. The highest BCUT2D eigenvalue weighted by Crippen LogP contribution is 2.31. The molecule has 164 valence electrons. The molecule has 0 atom stereocenters. The molecule has 0 radical (unpaired) electrons. The molecule has 3 aromatic carbocycles.